The summed E-state index contributed by atoms with van der Waals surface area (Å²) in [7, 11) is 0. The molecule has 6 nitrogen and oxygen atoms in total. The maximum Gasteiger partial charge on any atom is 0.272 e. The normalized spacial score (nSPS) is 15.9. The van der Waals surface area contributed by atoms with Crippen molar-refractivity contribution in [2.45, 2.75) is 25.8 Å². The van der Waals surface area contributed by atoms with E-state index in [1.165, 1.54) is 6.07 Å². The van der Waals surface area contributed by atoms with Crippen LogP contribution in [0, 0.1) is 11.6 Å². The molecule has 0 saturated heterocycles. The highest BCUT2D eigenvalue weighted by molar-refractivity contribution is 5.55. The number of nitrogens with zero attached hydrogens (tertiary/aromatic N) is 5. The molecule has 0 N–H and O–H groups in total. The van der Waals surface area contributed by atoms with E-state index in [4.69, 9.17) is 4.74 Å². The first kappa shape index (κ1) is 20.0. The number of hydrogen-bond donors (Lipinski definition) is 0. The van der Waals surface area contributed by atoms with Gasteiger partial charge in [-0.15, -0.1) is 0 Å². The fourth-order valence-corrected chi connectivity index (χ4v) is 3.41. The third-order valence-corrected chi connectivity index (χ3v) is 4.85. The van der Waals surface area contributed by atoms with Crippen molar-refractivity contribution in [3.63, 3.8) is 0 Å². The van der Waals surface area contributed by atoms with Gasteiger partial charge in [0.2, 0.25) is 5.82 Å². The topological polar surface area (TPSA) is 64.0 Å². The number of alkyl halides is 2. The van der Waals surface area contributed by atoms with E-state index in [0.29, 0.717) is 30.3 Å². The van der Waals surface area contributed by atoms with Crippen LogP contribution in [-0.2, 0) is 6.42 Å². The first-order chi connectivity index (χ1) is 14.4. The minimum atomic E-state index is -2.79. The lowest BCUT2D eigenvalue weighted by Crippen LogP contribution is -2.35. The minimum Gasteiger partial charge on any atom is -0.484 e. The van der Waals surface area contributed by atoms with E-state index in [-0.39, 0.29) is 6.04 Å². The predicted octanol–water partition coefficient (Wildman–Crippen LogP) is 3.98. The maximum absolute atomic E-state index is 14.1. The van der Waals surface area contributed by atoms with Gasteiger partial charge in [-0.1, -0.05) is 0 Å². The molecule has 4 rings (SSSR count). The first-order valence-corrected chi connectivity index (χ1v) is 9.24. The van der Waals surface area contributed by atoms with Crippen molar-refractivity contribution in [2.75, 3.05) is 18.1 Å². The number of rotatable bonds is 5. The van der Waals surface area contributed by atoms with Gasteiger partial charge in [0.05, 0.1) is 11.7 Å². The first-order valence-electron chi connectivity index (χ1n) is 9.24. The van der Waals surface area contributed by atoms with Gasteiger partial charge in [0.15, 0.2) is 23.2 Å². The van der Waals surface area contributed by atoms with Crippen molar-refractivity contribution < 1.29 is 22.3 Å². The molecule has 2 aromatic heterocycles. The van der Waals surface area contributed by atoms with Gasteiger partial charge in [-0.3, -0.25) is 0 Å². The molecule has 0 spiro atoms. The van der Waals surface area contributed by atoms with Crippen LogP contribution in [0.2, 0.25) is 0 Å². The maximum atomic E-state index is 14.1. The van der Waals surface area contributed by atoms with Crippen molar-refractivity contribution in [1.29, 1.82) is 0 Å². The van der Waals surface area contributed by atoms with E-state index in [9.17, 15) is 17.6 Å². The minimum absolute atomic E-state index is 0.257. The van der Waals surface area contributed by atoms with E-state index in [1.54, 1.807) is 24.7 Å². The van der Waals surface area contributed by atoms with Crippen LogP contribution in [0.25, 0.3) is 11.6 Å². The van der Waals surface area contributed by atoms with Gasteiger partial charge in [0.25, 0.3) is 6.43 Å². The molecule has 3 aromatic rings. The summed E-state index contributed by atoms with van der Waals surface area (Å²) >= 11 is 0. The zero-order valence-electron chi connectivity index (χ0n) is 15.9. The van der Waals surface area contributed by atoms with Crippen LogP contribution in [0.15, 0.2) is 36.8 Å². The number of benzene rings is 1. The zero-order valence-corrected chi connectivity index (χ0v) is 15.9. The number of halogens is 4. The van der Waals surface area contributed by atoms with Crippen LogP contribution in [0.1, 0.15) is 24.2 Å². The summed E-state index contributed by atoms with van der Waals surface area (Å²) in [5.41, 5.74) is 1.96. The molecule has 30 heavy (non-hydrogen) atoms. The molecule has 1 atom stereocenters. The second-order valence-corrected chi connectivity index (χ2v) is 6.73. The highest BCUT2D eigenvalue weighted by Gasteiger charge is 2.28. The summed E-state index contributed by atoms with van der Waals surface area (Å²) in [6, 6.07) is 3.70. The second kappa shape index (κ2) is 8.21. The average molecular weight is 419 g/mol. The van der Waals surface area contributed by atoms with Crippen LogP contribution in [0.3, 0.4) is 0 Å². The van der Waals surface area contributed by atoms with E-state index in [2.05, 4.69) is 19.9 Å². The molecule has 0 aliphatic carbocycles. The molecule has 1 aliphatic heterocycles. The van der Waals surface area contributed by atoms with Crippen LogP contribution in [-0.4, -0.2) is 39.5 Å². The lowest BCUT2D eigenvalue weighted by molar-refractivity contribution is 0.0795. The monoisotopic (exact) mass is 419 g/mol. The lowest BCUT2D eigenvalue weighted by Gasteiger charge is -2.36. The molecule has 1 aromatic carbocycles. The third kappa shape index (κ3) is 3.89. The Morgan fingerprint density at radius 2 is 1.90 bits per heavy atom. The zero-order chi connectivity index (χ0) is 21.3. The van der Waals surface area contributed by atoms with Crippen molar-refractivity contribution in [3.05, 3.63) is 59.7 Å². The van der Waals surface area contributed by atoms with Gasteiger partial charge in [-0.2, -0.15) is 4.39 Å². The quantitative estimate of drug-likeness (QED) is 0.583. The van der Waals surface area contributed by atoms with E-state index in [0.717, 1.165) is 17.3 Å². The van der Waals surface area contributed by atoms with Gasteiger partial charge in [-0.25, -0.2) is 33.1 Å². The van der Waals surface area contributed by atoms with Gasteiger partial charge in [0.1, 0.15) is 6.61 Å². The molecule has 3 heterocycles. The Kier molecular flexibility index (Phi) is 5.47. The van der Waals surface area contributed by atoms with Crippen LogP contribution in [0.5, 0.6) is 5.75 Å². The number of anilines is 1. The van der Waals surface area contributed by atoms with Crippen molar-refractivity contribution in [3.8, 4) is 17.4 Å². The fraction of sp³-hybridized carbons (Fsp3) is 0.300. The van der Waals surface area contributed by atoms with Crippen LogP contribution < -0.4 is 9.64 Å². The molecule has 1 aliphatic rings. The number of fused-ring (bicyclic) bond motifs is 1. The third-order valence-electron chi connectivity index (χ3n) is 4.85. The Hall–Kier alpha value is -3.30. The molecule has 0 radical (unpaired) electrons. The molecule has 0 amide bonds. The highest BCUT2D eigenvalue weighted by atomic mass is 19.3. The van der Waals surface area contributed by atoms with Crippen molar-refractivity contribution >= 4 is 5.69 Å². The Bertz CT molecular complexity index is 1050. The van der Waals surface area contributed by atoms with Crippen LogP contribution >= 0.6 is 0 Å². The van der Waals surface area contributed by atoms with E-state index in [1.807, 2.05) is 11.8 Å². The van der Waals surface area contributed by atoms with Crippen molar-refractivity contribution in [2.24, 2.45) is 0 Å². The molecule has 1 unspecified atom stereocenters. The fourth-order valence-electron chi connectivity index (χ4n) is 3.41. The van der Waals surface area contributed by atoms with Crippen LogP contribution in [0.4, 0.5) is 23.2 Å². The largest absolute Gasteiger partial charge is 0.484 e. The molecule has 0 fully saturated rings. The number of hydrogen-bond acceptors (Lipinski definition) is 6. The Balaban J connectivity index is 1.63. The molecule has 10 heteroatoms. The summed E-state index contributed by atoms with van der Waals surface area (Å²) < 4.78 is 57.6. The summed E-state index contributed by atoms with van der Waals surface area (Å²) in [5.74, 6) is -2.18. The standard InChI is InChI=1S/C20H17F4N5O/c1-11-13-9-27-20(19-25-4-2-5-26-19)28-15(13)3-6-29(11)12-7-14(21)18(24)16(8-12)30-10-17(22)23/h2,4-5,7-9,11,17H,3,6,10H2,1H3. The smallest absolute Gasteiger partial charge is 0.272 e. The van der Waals surface area contributed by atoms with Gasteiger partial charge < -0.3 is 9.64 Å². The number of ether oxygens (including phenoxy) is 1. The Morgan fingerprint density at radius 3 is 2.63 bits per heavy atom. The highest BCUT2D eigenvalue weighted by Crippen LogP contribution is 2.36. The Morgan fingerprint density at radius 1 is 1.13 bits per heavy atom. The Labute approximate surface area is 169 Å². The summed E-state index contributed by atoms with van der Waals surface area (Å²) in [6.45, 7) is 1.32. The molecule has 0 saturated carbocycles. The summed E-state index contributed by atoms with van der Waals surface area (Å²) in [4.78, 5) is 19.0. The SMILES string of the molecule is CC1c2cnc(-c3ncccn3)nc2CCN1c1cc(F)c(F)c(OCC(F)F)c1. The summed E-state index contributed by atoms with van der Waals surface area (Å²) in [6.07, 6.45) is 2.60. The molecular formula is C20H17F4N5O. The van der Waals surface area contributed by atoms with Gasteiger partial charge >= 0.3 is 0 Å². The second-order valence-electron chi connectivity index (χ2n) is 6.73. The number of aromatic nitrogens is 4. The average Bonchev–Trinajstić information content (AvgIpc) is 2.75. The molecule has 156 valence electrons. The van der Waals surface area contributed by atoms with Crippen molar-refractivity contribution in [1.82, 2.24) is 19.9 Å². The summed E-state index contributed by atoms with van der Waals surface area (Å²) in [5, 5.41) is 0. The van der Waals surface area contributed by atoms with Gasteiger partial charge in [0, 0.05) is 54.9 Å². The van der Waals surface area contributed by atoms with Gasteiger partial charge in [-0.05, 0) is 13.0 Å². The predicted molar refractivity (Wildman–Crippen MR) is 100 cm³/mol. The molecule has 0 bridgehead atoms. The lowest BCUT2D eigenvalue weighted by atomic mass is 9.98. The van der Waals surface area contributed by atoms with E-state index >= 15 is 0 Å². The molecular weight excluding hydrogens is 402 g/mol. The van der Waals surface area contributed by atoms with E-state index < -0.39 is 30.4 Å².